The molecule has 0 saturated carbocycles. The lowest BCUT2D eigenvalue weighted by molar-refractivity contribution is 0.660. The number of fused-ring (bicyclic) bond motifs is 7. The highest BCUT2D eigenvalue weighted by atomic mass is 14.4. The summed E-state index contributed by atoms with van der Waals surface area (Å²) in [4.78, 5) is 0. The Labute approximate surface area is 275 Å². The van der Waals surface area contributed by atoms with Crippen molar-refractivity contribution >= 4 is 21.5 Å². The van der Waals surface area contributed by atoms with Crippen molar-refractivity contribution < 1.29 is 0 Å². The van der Waals surface area contributed by atoms with Gasteiger partial charge in [0, 0.05) is 5.41 Å². The molecule has 2 aliphatic rings. The summed E-state index contributed by atoms with van der Waals surface area (Å²) in [5, 5.41) is 5.19. The minimum Gasteiger partial charge on any atom is -0.0622 e. The average molecular weight is 597 g/mol. The lowest BCUT2D eigenvalue weighted by Crippen LogP contribution is -2.14. The Hall–Kier alpha value is -5.72. The third kappa shape index (κ3) is 3.76. The maximum atomic E-state index is 2.43. The van der Waals surface area contributed by atoms with Crippen molar-refractivity contribution in [3.63, 3.8) is 0 Å². The van der Waals surface area contributed by atoms with E-state index in [1.165, 1.54) is 99.4 Å². The molecule has 0 bridgehead atoms. The summed E-state index contributed by atoms with van der Waals surface area (Å²) >= 11 is 0. The van der Waals surface area contributed by atoms with Crippen LogP contribution in [0.3, 0.4) is 0 Å². The predicted molar refractivity (Wildman–Crippen MR) is 200 cm³/mol. The van der Waals surface area contributed by atoms with Gasteiger partial charge < -0.3 is 0 Å². The maximum absolute atomic E-state index is 2.43. The fraction of sp³-hybridized carbons (Fsp3) is 0.0638. The van der Waals surface area contributed by atoms with Crippen LogP contribution in [0.2, 0.25) is 0 Å². The fourth-order valence-electron chi connectivity index (χ4n) is 8.48. The van der Waals surface area contributed by atoms with Gasteiger partial charge in [-0.25, -0.2) is 0 Å². The van der Waals surface area contributed by atoms with Gasteiger partial charge in [0.2, 0.25) is 0 Å². The lowest BCUT2D eigenvalue weighted by Gasteiger charge is -2.22. The van der Waals surface area contributed by atoms with Gasteiger partial charge in [-0.3, -0.25) is 0 Å². The van der Waals surface area contributed by atoms with Gasteiger partial charge in [0.15, 0.2) is 0 Å². The van der Waals surface area contributed by atoms with Crippen LogP contribution < -0.4 is 0 Å². The Morgan fingerprint density at radius 3 is 1.72 bits per heavy atom. The number of benzene rings is 8. The van der Waals surface area contributed by atoms with E-state index in [9.17, 15) is 0 Å². The number of hydrogen-bond acceptors (Lipinski definition) is 0. The first-order valence-corrected chi connectivity index (χ1v) is 16.6. The number of hydrogen-bond donors (Lipinski definition) is 0. The van der Waals surface area contributed by atoms with Crippen molar-refractivity contribution in [2.75, 3.05) is 0 Å². The Kier molecular flexibility index (Phi) is 5.44. The van der Waals surface area contributed by atoms with Gasteiger partial charge in [0.05, 0.1) is 0 Å². The standard InChI is InChI=1S/C47H32/c1-47(2)44-18-9-8-15-36(44)37-22-20-33(28-45(37)47)32-19-21-34-40-24-23-35(38-16-10-17-39(46(38)40)42(34)27-32)43-26-31-14-7-6-13-30(31)25-41(43)29-11-4-3-5-12-29/h3-28H,1-2H3. The monoisotopic (exact) mass is 596 g/mol. The van der Waals surface area contributed by atoms with Crippen molar-refractivity contribution in [2.45, 2.75) is 19.3 Å². The Balaban J connectivity index is 1.14. The highest BCUT2D eigenvalue weighted by molar-refractivity contribution is 6.20. The van der Waals surface area contributed by atoms with Gasteiger partial charge in [-0.05, 0) is 124 Å². The minimum atomic E-state index is -0.0156. The smallest absolute Gasteiger partial charge is 0.0159 e. The van der Waals surface area contributed by atoms with Gasteiger partial charge in [-0.2, -0.15) is 0 Å². The van der Waals surface area contributed by atoms with Crippen molar-refractivity contribution in [3.8, 4) is 66.8 Å². The molecule has 0 unspecified atom stereocenters. The summed E-state index contributed by atoms with van der Waals surface area (Å²) in [6.07, 6.45) is 0. The van der Waals surface area contributed by atoms with E-state index in [-0.39, 0.29) is 5.41 Å². The van der Waals surface area contributed by atoms with E-state index in [0.29, 0.717) is 0 Å². The van der Waals surface area contributed by atoms with E-state index in [0.717, 1.165) is 0 Å². The van der Waals surface area contributed by atoms with Crippen molar-refractivity contribution in [3.05, 3.63) is 169 Å². The zero-order valence-electron chi connectivity index (χ0n) is 26.5. The molecule has 0 aliphatic heterocycles. The molecule has 0 radical (unpaired) electrons. The molecule has 0 N–H and O–H groups in total. The molecular weight excluding hydrogens is 565 g/mol. The Morgan fingerprint density at radius 1 is 0.319 bits per heavy atom. The Bertz CT molecular complexity index is 2580. The summed E-state index contributed by atoms with van der Waals surface area (Å²) in [5.41, 5.74) is 18.5. The van der Waals surface area contributed by atoms with E-state index in [4.69, 9.17) is 0 Å². The van der Waals surface area contributed by atoms with E-state index in [2.05, 4.69) is 172 Å². The first kappa shape index (κ1) is 26.5. The SMILES string of the molecule is CC1(C)c2ccccc2-c2ccc(-c3ccc4c(c3)-c3cccc5c(-c6cc7ccccc7cc6-c6ccccc6)ccc-4c35)cc21. The average Bonchev–Trinajstić information content (AvgIpc) is 3.57. The van der Waals surface area contributed by atoms with Crippen LogP contribution in [-0.4, -0.2) is 0 Å². The largest absolute Gasteiger partial charge is 0.0622 e. The summed E-state index contributed by atoms with van der Waals surface area (Å²) in [5.74, 6) is 0. The summed E-state index contributed by atoms with van der Waals surface area (Å²) < 4.78 is 0. The number of rotatable bonds is 3. The zero-order valence-corrected chi connectivity index (χ0v) is 26.5. The van der Waals surface area contributed by atoms with Crippen LogP contribution in [0.1, 0.15) is 25.0 Å². The van der Waals surface area contributed by atoms with Gasteiger partial charge >= 0.3 is 0 Å². The molecule has 10 rings (SSSR count). The molecule has 2 aliphatic carbocycles. The van der Waals surface area contributed by atoms with Crippen LogP contribution in [-0.2, 0) is 5.41 Å². The van der Waals surface area contributed by atoms with E-state index < -0.39 is 0 Å². The quantitative estimate of drug-likeness (QED) is 0.190. The van der Waals surface area contributed by atoms with Crippen LogP contribution in [0, 0.1) is 0 Å². The molecule has 0 heteroatoms. The van der Waals surface area contributed by atoms with E-state index >= 15 is 0 Å². The van der Waals surface area contributed by atoms with Crippen LogP contribution in [0.25, 0.3) is 88.3 Å². The molecule has 0 heterocycles. The maximum Gasteiger partial charge on any atom is 0.0159 e. The second-order valence-electron chi connectivity index (χ2n) is 13.7. The molecule has 8 aromatic carbocycles. The molecule has 0 amide bonds. The fourth-order valence-corrected chi connectivity index (χ4v) is 8.48. The van der Waals surface area contributed by atoms with E-state index in [1.54, 1.807) is 0 Å². The second kappa shape index (κ2) is 9.64. The lowest BCUT2D eigenvalue weighted by atomic mass is 9.81. The molecule has 0 aromatic heterocycles. The summed E-state index contributed by atoms with van der Waals surface area (Å²) in [7, 11) is 0. The molecule has 0 nitrogen and oxygen atoms in total. The molecule has 0 saturated heterocycles. The molecule has 220 valence electrons. The normalized spacial score (nSPS) is 13.5. The van der Waals surface area contributed by atoms with E-state index in [1.807, 2.05) is 0 Å². The third-order valence-corrected chi connectivity index (χ3v) is 10.8. The van der Waals surface area contributed by atoms with Crippen LogP contribution in [0.5, 0.6) is 0 Å². The van der Waals surface area contributed by atoms with Gasteiger partial charge in [0.25, 0.3) is 0 Å². The highest BCUT2D eigenvalue weighted by Gasteiger charge is 2.35. The Morgan fingerprint density at radius 2 is 0.894 bits per heavy atom. The van der Waals surface area contributed by atoms with Gasteiger partial charge in [-0.15, -0.1) is 0 Å². The van der Waals surface area contributed by atoms with Crippen LogP contribution >= 0.6 is 0 Å². The zero-order chi connectivity index (χ0) is 31.3. The van der Waals surface area contributed by atoms with Crippen molar-refractivity contribution in [1.82, 2.24) is 0 Å². The second-order valence-corrected chi connectivity index (χ2v) is 13.7. The molecular formula is C47H32. The minimum absolute atomic E-state index is 0.0156. The summed E-state index contributed by atoms with van der Waals surface area (Å²) in [6.45, 7) is 4.72. The molecule has 0 fully saturated rings. The van der Waals surface area contributed by atoms with Gasteiger partial charge in [-0.1, -0.05) is 147 Å². The highest BCUT2D eigenvalue weighted by Crippen LogP contribution is 2.53. The van der Waals surface area contributed by atoms with Crippen molar-refractivity contribution in [1.29, 1.82) is 0 Å². The topological polar surface area (TPSA) is 0 Å². The predicted octanol–water partition coefficient (Wildman–Crippen LogP) is 12.9. The molecule has 8 aromatic rings. The molecule has 0 spiro atoms. The molecule has 0 atom stereocenters. The van der Waals surface area contributed by atoms with Gasteiger partial charge in [0.1, 0.15) is 0 Å². The van der Waals surface area contributed by atoms with Crippen LogP contribution in [0.15, 0.2) is 158 Å². The summed E-state index contributed by atoms with van der Waals surface area (Å²) in [6, 6.07) is 58.9. The molecule has 47 heavy (non-hydrogen) atoms. The van der Waals surface area contributed by atoms with Crippen molar-refractivity contribution in [2.24, 2.45) is 0 Å². The van der Waals surface area contributed by atoms with Crippen LogP contribution in [0.4, 0.5) is 0 Å². The first-order chi connectivity index (χ1) is 23.1. The first-order valence-electron chi connectivity index (χ1n) is 16.6. The third-order valence-electron chi connectivity index (χ3n) is 10.8.